The van der Waals surface area contributed by atoms with Gasteiger partial charge in [0.25, 0.3) is 0 Å². The van der Waals surface area contributed by atoms with E-state index in [4.69, 9.17) is 4.74 Å². The van der Waals surface area contributed by atoms with Gasteiger partial charge in [-0.05, 0) is 50.4 Å². The van der Waals surface area contributed by atoms with Gasteiger partial charge in [0.2, 0.25) is 0 Å². The molecule has 1 saturated carbocycles. The monoisotopic (exact) mass is 251 g/mol. The van der Waals surface area contributed by atoms with E-state index in [9.17, 15) is 10.4 Å². The minimum absolute atomic E-state index is 0.562. The Morgan fingerprint density at radius 1 is 1.17 bits per heavy atom. The van der Waals surface area contributed by atoms with Crippen LogP contribution in [0.1, 0.15) is 52.4 Å². The van der Waals surface area contributed by atoms with E-state index in [0.717, 1.165) is 25.7 Å². The van der Waals surface area contributed by atoms with Crippen LogP contribution in [0.25, 0.3) is 0 Å². The maximum Gasteiger partial charge on any atom is 0.0903 e. The molecule has 0 aromatic rings. The van der Waals surface area contributed by atoms with Crippen molar-refractivity contribution in [2.45, 2.75) is 58.0 Å². The van der Waals surface area contributed by atoms with Crippen molar-refractivity contribution in [3.63, 3.8) is 0 Å². The van der Waals surface area contributed by atoms with E-state index in [1.807, 2.05) is 0 Å². The highest BCUT2D eigenvalue weighted by Crippen LogP contribution is 2.50. The van der Waals surface area contributed by atoms with E-state index >= 15 is 0 Å². The Morgan fingerprint density at radius 3 is 2.17 bits per heavy atom. The molecule has 102 valence electrons. The third kappa shape index (κ3) is 2.29. The number of aliphatic hydroxyl groups is 1. The van der Waals surface area contributed by atoms with Gasteiger partial charge in [-0.1, -0.05) is 13.8 Å². The Hall–Kier alpha value is -0.590. The molecule has 3 heteroatoms. The van der Waals surface area contributed by atoms with E-state index in [-0.39, 0.29) is 0 Å². The minimum atomic E-state index is -0.781. The molecule has 0 atom stereocenters. The fourth-order valence-corrected chi connectivity index (χ4v) is 3.66. The van der Waals surface area contributed by atoms with Crippen LogP contribution in [0.5, 0.6) is 0 Å². The molecular weight excluding hydrogens is 226 g/mol. The molecule has 0 aromatic heterocycles. The second-order valence-electron chi connectivity index (χ2n) is 6.42. The van der Waals surface area contributed by atoms with Crippen molar-refractivity contribution >= 4 is 0 Å². The lowest BCUT2D eigenvalue weighted by molar-refractivity contribution is -0.130. The van der Waals surface area contributed by atoms with Crippen LogP contribution in [0.3, 0.4) is 0 Å². The molecule has 3 nitrogen and oxygen atoms in total. The molecule has 0 amide bonds. The zero-order valence-corrected chi connectivity index (χ0v) is 11.6. The van der Waals surface area contributed by atoms with E-state index in [1.54, 1.807) is 0 Å². The summed E-state index contributed by atoms with van der Waals surface area (Å²) in [6.45, 7) is 5.74. The highest BCUT2D eigenvalue weighted by molar-refractivity contribution is 5.13. The van der Waals surface area contributed by atoms with Crippen LogP contribution in [-0.4, -0.2) is 23.9 Å². The molecule has 1 N–H and O–H groups in total. The molecule has 2 fully saturated rings. The summed E-state index contributed by atoms with van der Waals surface area (Å²) in [6, 6.07) is 2.44. The lowest BCUT2D eigenvalue weighted by atomic mass is 9.60. The number of hydrogen-bond donors (Lipinski definition) is 1. The SMILES string of the molecule is CC(C)C1CCC(O)(C2(C#N)CCOCC2)CC1. The average molecular weight is 251 g/mol. The lowest BCUT2D eigenvalue weighted by Gasteiger charge is -2.48. The number of rotatable bonds is 2. The Balaban J connectivity index is 2.09. The molecule has 0 radical (unpaired) electrons. The van der Waals surface area contributed by atoms with Crippen LogP contribution in [0.4, 0.5) is 0 Å². The highest BCUT2D eigenvalue weighted by Gasteiger charge is 2.52. The van der Waals surface area contributed by atoms with Gasteiger partial charge in [-0.2, -0.15) is 5.26 Å². The van der Waals surface area contributed by atoms with Crippen LogP contribution in [0, 0.1) is 28.6 Å². The summed E-state index contributed by atoms with van der Waals surface area (Å²) < 4.78 is 5.36. The molecule has 1 heterocycles. The van der Waals surface area contributed by atoms with Gasteiger partial charge in [0.05, 0.1) is 17.1 Å². The Labute approximate surface area is 110 Å². The van der Waals surface area contributed by atoms with Crippen molar-refractivity contribution in [3.8, 4) is 6.07 Å². The molecule has 2 aliphatic rings. The smallest absolute Gasteiger partial charge is 0.0903 e. The second kappa shape index (κ2) is 5.19. The number of nitriles is 1. The van der Waals surface area contributed by atoms with Gasteiger partial charge in [-0.3, -0.25) is 0 Å². The number of ether oxygens (including phenoxy) is 1. The predicted octanol–water partition coefficient (Wildman–Crippen LogP) is 2.88. The maximum absolute atomic E-state index is 11.0. The van der Waals surface area contributed by atoms with Gasteiger partial charge >= 0.3 is 0 Å². The number of nitrogens with zero attached hydrogens (tertiary/aromatic N) is 1. The molecule has 0 spiro atoms. The second-order valence-corrected chi connectivity index (χ2v) is 6.42. The molecule has 1 aliphatic heterocycles. The molecule has 0 unspecified atom stereocenters. The van der Waals surface area contributed by atoms with Gasteiger partial charge in [-0.15, -0.1) is 0 Å². The summed E-state index contributed by atoms with van der Waals surface area (Å²) in [5.74, 6) is 1.39. The van der Waals surface area contributed by atoms with Crippen LogP contribution in [0.15, 0.2) is 0 Å². The summed E-state index contributed by atoms with van der Waals surface area (Å²) in [5.41, 5.74) is -1.34. The molecular formula is C15H25NO2. The largest absolute Gasteiger partial charge is 0.388 e. The van der Waals surface area contributed by atoms with Crippen molar-refractivity contribution < 1.29 is 9.84 Å². The summed E-state index contributed by atoms with van der Waals surface area (Å²) in [4.78, 5) is 0. The standard InChI is InChI=1S/C15H25NO2/c1-12(2)13-3-5-15(17,6-4-13)14(11-16)7-9-18-10-8-14/h12-13,17H,3-10H2,1-2H3. The van der Waals surface area contributed by atoms with Crippen molar-refractivity contribution in [2.75, 3.05) is 13.2 Å². The normalized spacial score (nSPS) is 36.3. The molecule has 1 aliphatic carbocycles. The van der Waals surface area contributed by atoms with Crippen LogP contribution in [0.2, 0.25) is 0 Å². The minimum Gasteiger partial charge on any atom is -0.388 e. The fourth-order valence-electron chi connectivity index (χ4n) is 3.66. The summed E-state index contributed by atoms with van der Waals surface area (Å²) in [6.07, 6.45) is 5.04. The maximum atomic E-state index is 11.0. The first-order chi connectivity index (χ1) is 8.53. The zero-order valence-electron chi connectivity index (χ0n) is 11.6. The van der Waals surface area contributed by atoms with E-state index < -0.39 is 11.0 Å². The van der Waals surface area contributed by atoms with E-state index in [0.29, 0.717) is 37.9 Å². The summed E-state index contributed by atoms with van der Waals surface area (Å²) in [7, 11) is 0. The van der Waals surface area contributed by atoms with Crippen LogP contribution in [-0.2, 0) is 4.74 Å². The van der Waals surface area contributed by atoms with Crippen molar-refractivity contribution in [3.05, 3.63) is 0 Å². The molecule has 18 heavy (non-hydrogen) atoms. The molecule has 2 rings (SSSR count). The molecule has 0 bridgehead atoms. The van der Waals surface area contributed by atoms with E-state index in [2.05, 4.69) is 19.9 Å². The van der Waals surface area contributed by atoms with Crippen molar-refractivity contribution in [1.29, 1.82) is 5.26 Å². The number of hydrogen-bond acceptors (Lipinski definition) is 3. The highest BCUT2D eigenvalue weighted by atomic mass is 16.5. The van der Waals surface area contributed by atoms with Crippen molar-refractivity contribution in [2.24, 2.45) is 17.3 Å². The van der Waals surface area contributed by atoms with Gasteiger partial charge in [0, 0.05) is 13.2 Å². The van der Waals surface area contributed by atoms with Gasteiger partial charge in [0.15, 0.2) is 0 Å². The molecule has 0 aromatic carbocycles. The quantitative estimate of drug-likeness (QED) is 0.821. The predicted molar refractivity (Wildman–Crippen MR) is 69.8 cm³/mol. The summed E-state index contributed by atoms with van der Waals surface area (Å²) >= 11 is 0. The Bertz CT molecular complexity index is 318. The third-order valence-electron chi connectivity index (χ3n) is 5.25. The first kappa shape index (κ1) is 13.8. The topological polar surface area (TPSA) is 53.2 Å². The van der Waals surface area contributed by atoms with Crippen LogP contribution >= 0.6 is 0 Å². The Kier molecular flexibility index (Phi) is 3.99. The zero-order chi connectivity index (χ0) is 13.2. The lowest BCUT2D eigenvalue weighted by Crippen LogP contribution is -2.52. The molecule has 1 saturated heterocycles. The van der Waals surface area contributed by atoms with Crippen LogP contribution < -0.4 is 0 Å². The first-order valence-corrected chi connectivity index (χ1v) is 7.24. The Morgan fingerprint density at radius 2 is 1.72 bits per heavy atom. The summed E-state index contributed by atoms with van der Waals surface area (Å²) in [5, 5.41) is 20.5. The van der Waals surface area contributed by atoms with Gasteiger partial charge < -0.3 is 9.84 Å². The van der Waals surface area contributed by atoms with Gasteiger partial charge in [0.1, 0.15) is 0 Å². The van der Waals surface area contributed by atoms with Crippen molar-refractivity contribution in [1.82, 2.24) is 0 Å². The first-order valence-electron chi connectivity index (χ1n) is 7.24. The van der Waals surface area contributed by atoms with E-state index in [1.165, 1.54) is 0 Å². The van der Waals surface area contributed by atoms with Gasteiger partial charge in [-0.25, -0.2) is 0 Å². The average Bonchev–Trinajstić information content (AvgIpc) is 2.40. The fraction of sp³-hybridized carbons (Fsp3) is 0.933. The third-order valence-corrected chi connectivity index (χ3v) is 5.25.